The van der Waals surface area contributed by atoms with E-state index < -0.39 is 0 Å². The maximum Gasteiger partial charge on any atom is 0.227 e. The van der Waals surface area contributed by atoms with Gasteiger partial charge in [-0.25, -0.2) is 4.98 Å². The topological polar surface area (TPSA) is 35.5 Å². The van der Waals surface area contributed by atoms with Crippen LogP contribution >= 0.6 is 0 Å². The zero-order valence-corrected chi connectivity index (χ0v) is 15.1. The van der Waals surface area contributed by atoms with Crippen LogP contribution in [0.3, 0.4) is 0 Å². The van der Waals surface area contributed by atoms with Crippen molar-refractivity contribution in [3.05, 3.63) is 47.7 Å². The van der Waals surface area contributed by atoms with Crippen molar-refractivity contribution in [2.24, 2.45) is 0 Å². The zero-order chi connectivity index (χ0) is 17.1. The van der Waals surface area contributed by atoms with Gasteiger partial charge in [-0.2, -0.15) is 4.98 Å². The van der Waals surface area contributed by atoms with Crippen molar-refractivity contribution < 1.29 is 0 Å². The lowest BCUT2D eigenvalue weighted by atomic mass is 10.1. The summed E-state index contributed by atoms with van der Waals surface area (Å²) >= 11 is 0. The summed E-state index contributed by atoms with van der Waals surface area (Å²) in [5.41, 5.74) is 2.82. The van der Waals surface area contributed by atoms with Crippen molar-refractivity contribution in [1.29, 1.82) is 0 Å². The van der Waals surface area contributed by atoms with E-state index in [-0.39, 0.29) is 0 Å². The van der Waals surface area contributed by atoms with E-state index in [1.54, 1.807) is 0 Å². The molecule has 0 N–H and O–H groups in total. The summed E-state index contributed by atoms with van der Waals surface area (Å²) < 4.78 is 0. The van der Waals surface area contributed by atoms with Gasteiger partial charge in [0, 0.05) is 52.0 Å². The lowest BCUT2D eigenvalue weighted by Crippen LogP contribution is -2.46. The van der Waals surface area contributed by atoms with Crippen LogP contribution in [0.25, 0.3) is 0 Å². The van der Waals surface area contributed by atoms with Crippen LogP contribution in [-0.4, -0.2) is 54.1 Å². The van der Waals surface area contributed by atoms with Crippen molar-refractivity contribution in [2.75, 3.05) is 49.1 Å². The number of piperazine rings is 1. The highest BCUT2D eigenvalue weighted by molar-refractivity contribution is 5.44. The summed E-state index contributed by atoms with van der Waals surface area (Å²) in [5, 5.41) is 0. The van der Waals surface area contributed by atoms with Crippen LogP contribution in [0.4, 0.5) is 11.8 Å². The molecule has 2 fully saturated rings. The fourth-order valence-corrected chi connectivity index (χ4v) is 3.75. The van der Waals surface area contributed by atoms with E-state index in [4.69, 9.17) is 4.98 Å². The number of nitrogens with zero attached hydrogens (tertiary/aromatic N) is 5. The summed E-state index contributed by atoms with van der Waals surface area (Å²) in [6.45, 7) is 9.65. The second-order valence-corrected chi connectivity index (χ2v) is 7.10. The van der Waals surface area contributed by atoms with E-state index in [0.717, 1.165) is 57.6 Å². The molecule has 0 radical (unpaired) electrons. The first kappa shape index (κ1) is 16.3. The average Bonchev–Trinajstić information content (AvgIpc) is 3.19. The van der Waals surface area contributed by atoms with Crippen LogP contribution in [-0.2, 0) is 6.54 Å². The highest BCUT2D eigenvalue weighted by Crippen LogP contribution is 2.20. The van der Waals surface area contributed by atoms with Gasteiger partial charge in [0.05, 0.1) is 0 Å². The molecule has 2 saturated heterocycles. The molecule has 0 amide bonds. The molecule has 3 heterocycles. The molecular weight excluding hydrogens is 310 g/mol. The lowest BCUT2D eigenvalue weighted by Gasteiger charge is -2.35. The highest BCUT2D eigenvalue weighted by atomic mass is 15.3. The number of anilines is 2. The number of benzene rings is 1. The van der Waals surface area contributed by atoms with Crippen LogP contribution in [0.15, 0.2) is 36.5 Å². The third-order valence-electron chi connectivity index (χ3n) is 5.37. The Hall–Kier alpha value is -2.14. The molecule has 2 aliphatic heterocycles. The first-order valence-electron chi connectivity index (χ1n) is 9.39. The first-order chi connectivity index (χ1) is 12.3. The molecule has 0 spiro atoms. The van der Waals surface area contributed by atoms with Crippen LogP contribution in [0.2, 0.25) is 0 Å². The van der Waals surface area contributed by atoms with Gasteiger partial charge in [0.25, 0.3) is 0 Å². The van der Waals surface area contributed by atoms with Crippen LogP contribution in [0, 0.1) is 6.92 Å². The molecular formula is C20H27N5. The Kier molecular flexibility index (Phi) is 4.83. The monoisotopic (exact) mass is 337 g/mol. The molecule has 5 heteroatoms. The van der Waals surface area contributed by atoms with E-state index in [1.807, 2.05) is 6.20 Å². The lowest BCUT2D eigenvalue weighted by molar-refractivity contribution is 0.249. The molecule has 4 rings (SSSR count). The third kappa shape index (κ3) is 3.76. The zero-order valence-electron chi connectivity index (χ0n) is 15.1. The van der Waals surface area contributed by atoms with Crippen LogP contribution < -0.4 is 9.80 Å². The van der Waals surface area contributed by atoms with E-state index in [2.05, 4.69) is 56.9 Å². The molecule has 5 nitrogen and oxygen atoms in total. The van der Waals surface area contributed by atoms with Gasteiger partial charge >= 0.3 is 0 Å². The molecule has 1 aromatic heterocycles. The van der Waals surface area contributed by atoms with Gasteiger partial charge in [0.1, 0.15) is 5.82 Å². The minimum Gasteiger partial charge on any atom is -0.354 e. The molecule has 25 heavy (non-hydrogen) atoms. The highest BCUT2D eigenvalue weighted by Gasteiger charge is 2.20. The van der Waals surface area contributed by atoms with Crippen molar-refractivity contribution >= 4 is 11.8 Å². The fraction of sp³-hybridized carbons (Fsp3) is 0.500. The number of rotatable bonds is 4. The van der Waals surface area contributed by atoms with Crippen molar-refractivity contribution in [2.45, 2.75) is 26.3 Å². The number of hydrogen-bond donors (Lipinski definition) is 0. The van der Waals surface area contributed by atoms with Gasteiger partial charge in [0.15, 0.2) is 0 Å². The predicted molar refractivity (Wildman–Crippen MR) is 102 cm³/mol. The minimum absolute atomic E-state index is 0.900. The summed E-state index contributed by atoms with van der Waals surface area (Å²) in [6.07, 6.45) is 4.42. The largest absolute Gasteiger partial charge is 0.354 e. The molecule has 2 aromatic rings. The van der Waals surface area contributed by atoms with E-state index >= 15 is 0 Å². The minimum atomic E-state index is 0.900. The Labute approximate surface area is 150 Å². The SMILES string of the molecule is Cc1ccccc1CN1CCN(c2ccnc(N3CCCC3)n2)CC1. The van der Waals surface area contributed by atoms with Crippen LogP contribution in [0.1, 0.15) is 24.0 Å². The molecule has 0 bridgehead atoms. The van der Waals surface area contributed by atoms with Crippen molar-refractivity contribution in [3.8, 4) is 0 Å². The van der Waals surface area contributed by atoms with Gasteiger partial charge < -0.3 is 9.80 Å². The molecule has 0 atom stereocenters. The smallest absolute Gasteiger partial charge is 0.227 e. The standard InChI is InChI=1S/C20H27N5/c1-17-6-2-3-7-18(17)16-23-12-14-24(15-13-23)19-8-9-21-20(22-19)25-10-4-5-11-25/h2-3,6-9H,4-5,10-16H2,1H3. The molecule has 1 aromatic carbocycles. The Morgan fingerprint density at radius 1 is 0.880 bits per heavy atom. The summed E-state index contributed by atoms with van der Waals surface area (Å²) in [5.74, 6) is 1.98. The fourth-order valence-electron chi connectivity index (χ4n) is 3.75. The Balaban J connectivity index is 1.37. The predicted octanol–water partition coefficient (Wildman–Crippen LogP) is 2.71. The number of aromatic nitrogens is 2. The normalized spacial score (nSPS) is 18.8. The summed E-state index contributed by atoms with van der Waals surface area (Å²) in [6, 6.07) is 10.8. The molecule has 0 aliphatic carbocycles. The van der Waals surface area contributed by atoms with Gasteiger partial charge in [-0.3, -0.25) is 4.90 Å². The summed E-state index contributed by atoms with van der Waals surface area (Å²) in [4.78, 5) is 16.5. The van der Waals surface area contributed by atoms with Crippen LogP contribution in [0.5, 0.6) is 0 Å². The molecule has 132 valence electrons. The molecule has 0 unspecified atom stereocenters. The Morgan fingerprint density at radius 2 is 1.64 bits per heavy atom. The number of aryl methyl sites for hydroxylation is 1. The maximum absolute atomic E-state index is 4.82. The van der Waals surface area contributed by atoms with Gasteiger partial charge in [-0.15, -0.1) is 0 Å². The van der Waals surface area contributed by atoms with Gasteiger partial charge in [-0.1, -0.05) is 24.3 Å². The Morgan fingerprint density at radius 3 is 2.40 bits per heavy atom. The Bertz CT molecular complexity index is 703. The van der Waals surface area contributed by atoms with Gasteiger partial charge in [-0.05, 0) is 37.0 Å². The maximum atomic E-state index is 4.82. The van der Waals surface area contributed by atoms with E-state index in [9.17, 15) is 0 Å². The second kappa shape index (κ2) is 7.40. The first-order valence-corrected chi connectivity index (χ1v) is 9.39. The van der Waals surface area contributed by atoms with Gasteiger partial charge in [0.2, 0.25) is 5.95 Å². The average molecular weight is 337 g/mol. The van der Waals surface area contributed by atoms with E-state index in [1.165, 1.54) is 24.0 Å². The third-order valence-corrected chi connectivity index (χ3v) is 5.37. The van der Waals surface area contributed by atoms with Crippen molar-refractivity contribution in [3.63, 3.8) is 0 Å². The number of hydrogen-bond acceptors (Lipinski definition) is 5. The molecule has 0 saturated carbocycles. The molecule has 2 aliphatic rings. The quantitative estimate of drug-likeness (QED) is 0.857. The van der Waals surface area contributed by atoms with E-state index in [0.29, 0.717) is 0 Å². The van der Waals surface area contributed by atoms with Crippen molar-refractivity contribution in [1.82, 2.24) is 14.9 Å². The second-order valence-electron chi connectivity index (χ2n) is 7.10. The summed E-state index contributed by atoms with van der Waals surface area (Å²) in [7, 11) is 0.